The third-order valence-electron chi connectivity index (χ3n) is 1.68. The molecule has 14 heavy (non-hydrogen) atoms. The van der Waals surface area contributed by atoms with E-state index in [-0.39, 0.29) is 5.91 Å². The average molecular weight is 211 g/mol. The van der Waals surface area contributed by atoms with E-state index in [0.29, 0.717) is 16.4 Å². The van der Waals surface area contributed by atoms with Gasteiger partial charge in [-0.1, -0.05) is 13.0 Å². The normalized spacial score (nSPS) is 11.4. The highest BCUT2D eigenvalue weighted by atomic mass is 32.1. The Balaban J connectivity index is 3.00. The lowest BCUT2D eigenvalue weighted by Crippen LogP contribution is -2.19. The van der Waals surface area contributed by atoms with E-state index < -0.39 is 0 Å². The summed E-state index contributed by atoms with van der Waals surface area (Å²) in [4.78, 5) is 15.5. The van der Waals surface area contributed by atoms with Crippen LogP contribution in [0.3, 0.4) is 0 Å². The summed E-state index contributed by atoms with van der Waals surface area (Å²) in [7, 11) is 1.60. The molecule has 1 heterocycles. The number of likely N-dealkylation sites (N-methyl/N-ethyl adjacent to an activating group) is 1. The van der Waals surface area contributed by atoms with E-state index in [4.69, 9.17) is 5.73 Å². The van der Waals surface area contributed by atoms with E-state index in [1.54, 1.807) is 12.4 Å². The number of nitrogens with one attached hydrogen (secondary N) is 1. The van der Waals surface area contributed by atoms with Gasteiger partial charge in [-0.05, 0) is 6.42 Å². The van der Waals surface area contributed by atoms with Crippen LogP contribution in [-0.4, -0.2) is 17.9 Å². The number of aromatic nitrogens is 1. The van der Waals surface area contributed by atoms with E-state index in [9.17, 15) is 4.79 Å². The van der Waals surface area contributed by atoms with Gasteiger partial charge in [0, 0.05) is 12.4 Å². The molecule has 1 amide bonds. The first-order chi connectivity index (χ1) is 6.69. The Bertz CT molecular complexity index is 357. The van der Waals surface area contributed by atoms with E-state index in [1.165, 1.54) is 11.3 Å². The zero-order chi connectivity index (χ0) is 10.6. The molecule has 0 aliphatic rings. The fourth-order valence-corrected chi connectivity index (χ4v) is 1.63. The fourth-order valence-electron chi connectivity index (χ4n) is 1.06. The first-order valence-corrected chi connectivity index (χ1v) is 5.20. The Kier molecular flexibility index (Phi) is 3.64. The van der Waals surface area contributed by atoms with E-state index >= 15 is 0 Å². The van der Waals surface area contributed by atoms with Crippen LogP contribution in [0.2, 0.25) is 0 Å². The highest BCUT2D eigenvalue weighted by molar-refractivity contribution is 7.13. The number of carbonyl (C=O) groups is 1. The number of hydrogen-bond donors (Lipinski definition) is 2. The number of carbonyl (C=O) groups excluding carboxylic acids is 1. The van der Waals surface area contributed by atoms with Crippen LogP contribution in [0.1, 0.15) is 19.0 Å². The number of thiazole rings is 1. The van der Waals surface area contributed by atoms with Gasteiger partial charge in [0.05, 0.1) is 11.3 Å². The van der Waals surface area contributed by atoms with Gasteiger partial charge in [-0.15, -0.1) is 11.3 Å². The predicted octanol–water partition coefficient (Wildman–Crippen LogP) is 1.26. The van der Waals surface area contributed by atoms with Crippen molar-refractivity contribution in [3.8, 4) is 0 Å². The van der Waals surface area contributed by atoms with Crippen LogP contribution in [0.4, 0.5) is 5.13 Å². The van der Waals surface area contributed by atoms with Crippen molar-refractivity contribution < 1.29 is 4.79 Å². The minimum absolute atomic E-state index is 0.128. The van der Waals surface area contributed by atoms with Crippen molar-refractivity contribution in [3.63, 3.8) is 0 Å². The van der Waals surface area contributed by atoms with Gasteiger partial charge >= 0.3 is 0 Å². The smallest absolute Gasteiger partial charge is 0.252 e. The Morgan fingerprint density at radius 2 is 2.50 bits per heavy atom. The van der Waals surface area contributed by atoms with Crippen molar-refractivity contribution in [1.29, 1.82) is 0 Å². The Morgan fingerprint density at radius 1 is 1.79 bits per heavy atom. The fraction of sp³-hybridized carbons (Fsp3) is 0.333. The Morgan fingerprint density at radius 3 is 2.93 bits per heavy atom. The first kappa shape index (κ1) is 10.7. The number of nitrogens with two attached hydrogens (primary N) is 1. The summed E-state index contributed by atoms with van der Waals surface area (Å²) in [6, 6.07) is 0. The quantitative estimate of drug-likeness (QED) is 0.740. The first-order valence-electron chi connectivity index (χ1n) is 4.32. The van der Waals surface area contributed by atoms with Crippen molar-refractivity contribution >= 4 is 27.9 Å². The number of anilines is 1. The molecular formula is C9H13N3OS. The number of amides is 1. The average Bonchev–Trinajstić information content (AvgIpc) is 2.60. The van der Waals surface area contributed by atoms with Gasteiger partial charge in [0.1, 0.15) is 0 Å². The maximum Gasteiger partial charge on any atom is 0.252 e. The Hall–Kier alpha value is -1.36. The van der Waals surface area contributed by atoms with Crippen LogP contribution in [0.15, 0.2) is 11.5 Å². The van der Waals surface area contributed by atoms with Crippen LogP contribution < -0.4 is 11.1 Å². The molecule has 0 atom stereocenters. The molecule has 76 valence electrons. The van der Waals surface area contributed by atoms with Gasteiger partial charge in [-0.3, -0.25) is 4.79 Å². The van der Waals surface area contributed by atoms with Crippen LogP contribution in [0.25, 0.3) is 5.57 Å². The lowest BCUT2D eigenvalue weighted by molar-refractivity contribution is -0.115. The van der Waals surface area contributed by atoms with Crippen LogP contribution in [0, 0.1) is 0 Å². The van der Waals surface area contributed by atoms with Crippen molar-refractivity contribution in [3.05, 3.63) is 17.2 Å². The molecule has 0 aromatic carbocycles. The molecule has 1 aromatic rings. The molecular weight excluding hydrogens is 198 g/mol. The molecule has 0 fully saturated rings. The largest absolute Gasteiger partial charge is 0.375 e. The van der Waals surface area contributed by atoms with Crippen LogP contribution in [0.5, 0.6) is 0 Å². The van der Waals surface area contributed by atoms with E-state index in [1.807, 2.05) is 13.0 Å². The standard InChI is InChI=1S/C9H13N3OS/c1-3-4-6(8(13)11-2)7-5-14-9(10)12-7/h4-5H,3H2,1-2H3,(H2,10,12)(H,11,13)/b6-4-. The van der Waals surface area contributed by atoms with Crippen LogP contribution >= 0.6 is 11.3 Å². The molecule has 0 saturated carbocycles. The molecule has 0 aliphatic carbocycles. The monoisotopic (exact) mass is 211 g/mol. The second-order valence-corrected chi connectivity index (χ2v) is 3.57. The maximum atomic E-state index is 11.5. The molecule has 0 radical (unpaired) electrons. The van der Waals surface area contributed by atoms with Gasteiger partial charge in [-0.25, -0.2) is 4.98 Å². The molecule has 0 unspecified atom stereocenters. The van der Waals surface area contributed by atoms with Gasteiger partial charge in [0.2, 0.25) is 0 Å². The lowest BCUT2D eigenvalue weighted by Gasteiger charge is -2.01. The minimum Gasteiger partial charge on any atom is -0.375 e. The molecule has 3 N–H and O–H groups in total. The van der Waals surface area contributed by atoms with Crippen molar-refractivity contribution in [2.24, 2.45) is 0 Å². The predicted molar refractivity (Wildman–Crippen MR) is 58.9 cm³/mol. The van der Waals surface area contributed by atoms with E-state index in [2.05, 4.69) is 10.3 Å². The summed E-state index contributed by atoms with van der Waals surface area (Å²) < 4.78 is 0. The summed E-state index contributed by atoms with van der Waals surface area (Å²) in [6.45, 7) is 1.97. The molecule has 4 nitrogen and oxygen atoms in total. The molecule has 1 rings (SSSR count). The molecule has 0 bridgehead atoms. The maximum absolute atomic E-state index is 11.5. The second kappa shape index (κ2) is 4.76. The third kappa shape index (κ3) is 2.32. The molecule has 0 aliphatic heterocycles. The molecule has 0 spiro atoms. The van der Waals surface area contributed by atoms with Crippen molar-refractivity contribution in [2.75, 3.05) is 12.8 Å². The SMILES string of the molecule is CC/C=C(\C(=O)NC)c1csc(N)n1. The number of hydrogen-bond acceptors (Lipinski definition) is 4. The van der Waals surface area contributed by atoms with Gasteiger partial charge in [0.25, 0.3) is 5.91 Å². The second-order valence-electron chi connectivity index (χ2n) is 2.68. The molecule has 0 saturated heterocycles. The van der Waals surface area contributed by atoms with Gasteiger partial charge < -0.3 is 11.1 Å². The van der Waals surface area contributed by atoms with Gasteiger partial charge in [-0.2, -0.15) is 0 Å². The van der Waals surface area contributed by atoms with Crippen LogP contribution in [-0.2, 0) is 4.79 Å². The summed E-state index contributed by atoms with van der Waals surface area (Å²) in [6.07, 6.45) is 2.63. The zero-order valence-electron chi connectivity index (χ0n) is 8.20. The van der Waals surface area contributed by atoms with E-state index in [0.717, 1.165) is 6.42 Å². The highest BCUT2D eigenvalue weighted by Gasteiger charge is 2.12. The topological polar surface area (TPSA) is 68.0 Å². The number of rotatable bonds is 3. The Labute approximate surface area is 86.8 Å². The van der Waals surface area contributed by atoms with Crippen molar-refractivity contribution in [1.82, 2.24) is 10.3 Å². The zero-order valence-corrected chi connectivity index (χ0v) is 9.02. The summed E-state index contributed by atoms with van der Waals surface area (Å²) in [5.74, 6) is -0.128. The van der Waals surface area contributed by atoms with Crippen molar-refractivity contribution in [2.45, 2.75) is 13.3 Å². The highest BCUT2D eigenvalue weighted by Crippen LogP contribution is 2.19. The summed E-state index contributed by atoms with van der Waals surface area (Å²) in [5.41, 5.74) is 6.74. The third-order valence-corrected chi connectivity index (χ3v) is 2.35. The number of allylic oxidation sites excluding steroid dienone is 1. The molecule has 5 heteroatoms. The number of nitrogen functional groups attached to an aromatic ring is 1. The summed E-state index contributed by atoms with van der Waals surface area (Å²) >= 11 is 1.33. The minimum atomic E-state index is -0.128. The number of nitrogens with zero attached hydrogens (tertiary/aromatic N) is 1. The molecule has 1 aromatic heterocycles. The lowest BCUT2D eigenvalue weighted by atomic mass is 10.1. The van der Waals surface area contributed by atoms with Gasteiger partial charge in [0.15, 0.2) is 5.13 Å². The summed E-state index contributed by atoms with van der Waals surface area (Å²) in [5, 5.41) is 4.84.